The highest BCUT2D eigenvalue weighted by Gasteiger charge is 2.25. The molecule has 0 saturated heterocycles. The summed E-state index contributed by atoms with van der Waals surface area (Å²) in [6, 6.07) is 66.3. The molecule has 0 N–H and O–H groups in total. The van der Waals surface area contributed by atoms with Gasteiger partial charge < -0.3 is 13.7 Å². The standard InChI is InChI=1S/C48H31NO2S/c1-4-14-32(15-5-1)37-26-24-35(31-46(37)52-36-18-8-3-9-19-36)49(34-25-28-44-41(30-34)39-20-10-12-22-42(39)50-44)48-38(33-16-6-2-7-17-33)27-29-45-47(48)40-21-11-13-23-43(40)51-45/h1-31H. The topological polar surface area (TPSA) is 29.5 Å². The summed E-state index contributed by atoms with van der Waals surface area (Å²) in [5.74, 6) is 0. The third-order valence-electron chi connectivity index (χ3n) is 9.72. The molecule has 10 aromatic rings. The van der Waals surface area contributed by atoms with Crippen LogP contribution < -0.4 is 4.90 Å². The summed E-state index contributed by atoms with van der Waals surface area (Å²) in [4.78, 5) is 4.76. The lowest BCUT2D eigenvalue weighted by atomic mass is 9.97. The third-order valence-corrected chi connectivity index (χ3v) is 10.8. The fourth-order valence-corrected chi connectivity index (χ4v) is 8.37. The van der Waals surface area contributed by atoms with Gasteiger partial charge in [-0.15, -0.1) is 0 Å². The van der Waals surface area contributed by atoms with E-state index >= 15 is 0 Å². The van der Waals surface area contributed by atoms with Crippen LogP contribution >= 0.6 is 11.8 Å². The number of rotatable bonds is 7. The molecular weight excluding hydrogens is 655 g/mol. The Kier molecular flexibility index (Phi) is 7.40. The quantitative estimate of drug-likeness (QED) is 0.167. The summed E-state index contributed by atoms with van der Waals surface area (Å²) < 4.78 is 12.9. The van der Waals surface area contributed by atoms with Crippen LogP contribution in [-0.4, -0.2) is 0 Å². The molecule has 0 aliphatic heterocycles. The second-order valence-electron chi connectivity index (χ2n) is 12.9. The molecule has 0 radical (unpaired) electrons. The maximum absolute atomic E-state index is 6.56. The number of hydrogen-bond acceptors (Lipinski definition) is 4. The van der Waals surface area contributed by atoms with Crippen LogP contribution in [0, 0.1) is 0 Å². The summed E-state index contributed by atoms with van der Waals surface area (Å²) in [7, 11) is 0. The normalized spacial score (nSPS) is 11.5. The van der Waals surface area contributed by atoms with Gasteiger partial charge in [0.05, 0.1) is 11.1 Å². The lowest BCUT2D eigenvalue weighted by Gasteiger charge is -2.29. The number of fused-ring (bicyclic) bond motifs is 6. The predicted molar refractivity (Wildman–Crippen MR) is 217 cm³/mol. The van der Waals surface area contributed by atoms with Crippen molar-refractivity contribution in [1.82, 2.24) is 0 Å². The lowest BCUT2D eigenvalue weighted by Crippen LogP contribution is -2.12. The van der Waals surface area contributed by atoms with Crippen molar-refractivity contribution >= 4 is 72.7 Å². The van der Waals surface area contributed by atoms with E-state index in [0.717, 1.165) is 72.1 Å². The molecule has 0 bridgehead atoms. The van der Waals surface area contributed by atoms with Crippen LogP contribution in [0.2, 0.25) is 0 Å². The first-order valence-electron chi connectivity index (χ1n) is 17.4. The SMILES string of the molecule is c1ccc(Sc2cc(N(c3ccc4oc5ccccc5c4c3)c3c(-c4ccccc4)ccc4oc5ccccc5c34)ccc2-c2ccccc2)cc1. The van der Waals surface area contributed by atoms with Crippen molar-refractivity contribution in [3.63, 3.8) is 0 Å². The van der Waals surface area contributed by atoms with E-state index < -0.39 is 0 Å². The Labute approximate surface area is 305 Å². The minimum absolute atomic E-state index is 0.843. The van der Waals surface area contributed by atoms with E-state index in [1.807, 2.05) is 18.2 Å². The average molecular weight is 686 g/mol. The molecule has 52 heavy (non-hydrogen) atoms. The van der Waals surface area contributed by atoms with E-state index in [1.54, 1.807) is 11.8 Å². The summed E-state index contributed by atoms with van der Waals surface area (Å²) in [6.45, 7) is 0. The minimum atomic E-state index is 0.843. The summed E-state index contributed by atoms with van der Waals surface area (Å²) in [5.41, 5.74) is 11.2. The highest BCUT2D eigenvalue weighted by atomic mass is 32.2. The van der Waals surface area contributed by atoms with Crippen LogP contribution in [-0.2, 0) is 0 Å². The van der Waals surface area contributed by atoms with Crippen LogP contribution in [0.15, 0.2) is 207 Å². The predicted octanol–water partition coefficient (Wildman–Crippen LogP) is 14.4. The molecule has 0 aliphatic rings. The number of nitrogens with zero attached hydrogens (tertiary/aromatic N) is 1. The number of hydrogen-bond donors (Lipinski definition) is 0. The van der Waals surface area contributed by atoms with Gasteiger partial charge in [-0.25, -0.2) is 0 Å². The van der Waals surface area contributed by atoms with E-state index in [4.69, 9.17) is 8.83 Å². The van der Waals surface area contributed by atoms with Gasteiger partial charge in [-0.05, 0) is 83.4 Å². The van der Waals surface area contributed by atoms with Crippen molar-refractivity contribution < 1.29 is 8.83 Å². The molecule has 0 spiro atoms. The maximum atomic E-state index is 6.56. The monoisotopic (exact) mass is 685 g/mol. The molecule has 4 heteroatoms. The van der Waals surface area contributed by atoms with Gasteiger partial charge in [-0.2, -0.15) is 0 Å². The molecule has 10 rings (SSSR count). The van der Waals surface area contributed by atoms with E-state index in [2.05, 4.69) is 175 Å². The Morgan fingerprint density at radius 2 is 0.904 bits per heavy atom. The van der Waals surface area contributed by atoms with E-state index in [1.165, 1.54) is 20.9 Å². The van der Waals surface area contributed by atoms with Gasteiger partial charge >= 0.3 is 0 Å². The number of anilines is 3. The van der Waals surface area contributed by atoms with Gasteiger partial charge in [0.15, 0.2) is 0 Å². The van der Waals surface area contributed by atoms with Gasteiger partial charge in [0.1, 0.15) is 22.3 Å². The zero-order valence-electron chi connectivity index (χ0n) is 28.1. The molecule has 0 amide bonds. The van der Waals surface area contributed by atoms with Crippen molar-refractivity contribution in [2.75, 3.05) is 4.90 Å². The molecule has 0 fully saturated rings. The van der Waals surface area contributed by atoms with Crippen molar-refractivity contribution in [2.45, 2.75) is 9.79 Å². The van der Waals surface area contributed by atoms with Crippen molar-refractivity contribution in [1.29, 1.82) is 0 Å². The zero-order chi connectivity index (χ0) is 34.4. The van der Waals surface area contributed by atoms with Crippen LogP contribution in [0.1, 0.15) is 0 Å². The van der Waals surface area contributed by atoms with Gasteiger partial charge in [-0.1, -0.05) is 133 Å². The smallest absolute Gasteiger partial charge is 0.137 e. The Morgan fingerprint density at radius 1 is 0.385 bits per heavy atom. The number of furan rings is 2. The Balaban J connectivity index is 1.30. The molecule has 2 aromatic heterocycles. The van der Waals surface area contributed by atoms with Gasteiger partial charge in [-0.3, -0.25) is 0 Å². The number of para-hydroxylation sites is 2. The summed E-state index contributed by atoms with van der Waals surface area (Å²) in [5, 5.41) is 4.31. The molecule has 0 atom stereocenters. The van der Waals surface area contributed by atoms with Gasteiger partial charge in [0.25, 0.3) is 0 Å². The minimum Gasteiger partial charge on any atom is -0.456 e. The van der Waals surface area contributed by atoms with Crippen molar-refractivity contribution in [2.24, 2.45) is 0 Å². The third kappa shape index (κ3) is 5.24. The zero-order valence-corrected chi connectivity index (χ0v) is 28.9. The van der Waals surface area contributed by atoms with Crippen LogP contribution in [0.4, 0.5) is 17.1 Å². The molecule has 246 valence electrons. The average Bonchev–Trinajstić information content (AvgIpc) is 3.78. The first-order chi connectivity index (χ1) is 25.8. The van der Waals surface area contributed by atoms with Crippen LogP contribution in [0.3, 0.4) is 0 Å². The molecule has 0 aliphatic carbocycles. The fourth-order valence-electron chi connectivity index (χ4n) is 7.35. The van der Waals surface area contributed by atoms with Gasteiger partial charge in [0, 0.05) is 42.9 Å². The molecule has 0 saturated carbocycles. The molecule has 3 nitrogen and oxygen atoms in total. The number of benzene rings is 8. The highest BCUT2D eigenvalue weighted by molar-refractivity contribution is 7.99. The Morgan fingerprint density at radius 3 is 1.65 bits per heavy atom. The molecule has 8 aromatic carbocycles. The van der Waals surface area contributed by atoms with Crippen LogP contribution in [0.5, 0.6) is 0 Å². The van der Waals surface area contributed by atoms with Crippen LogP contribution in [0.25, 0.3) is 66.1 Å². The second kappa shape index (κ2) is 12.7. The fraction of sp³-hybridized carbons (Fsp3) is 0. The van der Waals surface area contributed by atoms with E-state index in [9.17, 15) is 0 Å². The molecular formula is C48H31NO2S. The van der Waals surface area contributed by atoms with E-state index in [-0.39, 0.29) is 0 Å². The highest BCUT2D eigenvalue weighted by Crippen LogP contribution is 2.50. The first kappa shape index (κ1) is 30.3. The summed E-state index contributed by atoms with van der Waals surface area (Å²) in [6.07, 6.45) is 0. The first-order valence-corrected chi connectivity index (χ1v) is 18.2. The second-order valence-corrected chi connectivity index (χ2v) is 14.0. The molecule has 0 unspecified atom stereocenters. The lowest BCUT2D eigenvalue weighted by molar-refractivity contribution is 0.668. The maximum Gasteiger partial charge on any atom is 0.137 e. The Hall–Kier alpha value is -6.49. The van der Waals surface area contributed by atoms with Crippen molar-refractivity contribution in [3.05, 3.63) is 188 Å². The van der Waals surface area contributed by atoms with E-state index in [0.29, 0.717) is 0 Å². The largest absolute Gasteiger partial charge is 0.456 e. The van der Waals surface area contributed by atoms with Gasteiger partial charge in [0.2, 0.25) is 0 Å². The Bertz CT molecular complexity index is 2880. The summed E-state index contributed by atoms with van der Waals surface area (Å²) >= 11 is 1.79. The molecule has 2 heterocycles. The van der Waals surface area contributed by atoms with Crippen molar-refractivity contribution in [3.8, 4) is 22.3 Å².